The molecular formula is C23H29NO5. The second-order valence-electron chi connectivity index (χ2n) is 7.70. The van der Waals surface area contributed by atoms with Crippen molar-refractivity contribution in [3.63, 3.8) is 0 Å². The second-order valence-corrected chi connectivity index (χ2v) is 7.70. The zero-order valence-electron chi connectivity index (χ0n) is 16.9. The smallest absolute Gasteiger partial charge is 0.400 e. The molecule has 0 saturated heterocycles. The van der Waals surface area contributed by atoms with Crippen molar-refractivity contribution in [3.8, 4) is 0 Å². The molecule has 0 amide bonds. The van der Waals surface area contributed by atoms with Crippen molar-refractivity contribution in [1.29, 1.82) is 0 Å². The Bertz CT molecular complexity index is 779. The Morgan fingerprint density at radius 2 is 1.48 bits per heavy atom. The molecular weight excluding hydrogens is 370 g/mol. The van der Waals surface area contributed by atoms with E-state index in [0.717, 1.165) is 75.3 Å². The number of carbonyl (C=O) groups is 1. The van der Waals surface area contributed by atoms with Crippen LogP contribution in [-0.4, -0.2) is 11.1 Å². The molecule has 0 spiro atoms. The van der Waals surface area contributed by atoms with Gasteiger partial charge in [0.15, 0.2) is 0 Å². The lowest BCUT2D eigenvalue weighted by molar-refractivity contribution is -0.384. The molecule has 2 aliphatic carbocycles. The SMILES string of the molecule is O=C(O/C1=C/CCCCCC1)O/C1=C(/c2ccc([N+](=O)[O-])cc2)CCCCCC1. The number of ether oxygens (including phenoxy) is 2. The van der Waals surface area contributed by atoms with Crippen molar-refractivity contribution >= 4 is 17.4 Å². The fraction of sp³-hybridized carbons (Fsp3) is 0.522. The molecule has 29 heavy (non-hydrogen) atoms. The first-order chi connectivity index (χ1) is 14.1. The van der Waals surface area contributed by atoms with Gasteiger partial charge in [0, 0.05) is 25.0 Å². The standard InChI is InChI=1S/C23H29NO5/c25-23(28-20-10-6-2-1-3-7-11-20)29-22-13-9-5-4-8-12-21(22)18-14-16-19(17-15-18)24(26)27/h10,14-17H,1-9,11-13H2/b20-10+,22-21+. The lowest BCUT2D eigenvalue weighted by Gasteiger charge is -2.19. The molecule has 0 fully saturated rings. The summed E-state index contributed by atoms with van der Waals surface area (Å²) in [6.07, 6.45) is 13.2. The molecule has 0 bridgehead atoms. The Balaban J connectivity index is 1.77. The third kappa shape index (κ3) is 6.44. The van der Waals surface area contributed by atoms with Crippen molar-refractivity contribution in [2.45, 2.75) is 77.0 Å². The van der Waals surface area contributed by atoms with Crippen LogP contribution in [0.25, 0.3) is 5.57 Å². The van der Waals surface area contributed by atoms with Gasteiger partial charge in [-0.2, -0.15) is 0 Å². The zero-order valence-corrected chi connectivity index (χ0v) is 16.9. The number of hydrogen-bond acceptors (Lipinski definition) is 5. The quantitative estimate of drug-likeness (QED) is 0.308. The molecule has 6 nitrogen and oxygen atoms in total. The summed E-state index contributed by atoms with van der Waals surface area (Å²) in [5.74, 6) is 1.34. The summed E-state index contributed by atoms with van der Waals surface area (Å²) < 4.78 is 11.2. The minimum Gasteiger partial charge on any atom is -0.400 e. The number of carbonyl (C=O) groups excluding carboxylic acids is 1. The normalized spacial score (nSPS) is 22.8. The van der Waals surface area contributed by atoms with Gasteiger partial charge in [0.1, 0.15) is 11.5 Å². The first-order valence-electron chi connectivity index (χ1n) is 10.7. The van der Waals surface area contributed by atoms with Gasteiger partial charge in [0.05, 0.1) is 4.92 Å². The van der Waals surface area contributed by atoms with Crippen LogP contribution in [0.5, 0.6) is 0 Å². The highest BCUT2D eigenvalue weighted by Gasteiger charge is 2.19. The molecule has 0 heterocycles. The maximum Gasteiger partial charge on any atom is 0.518 e. The van der Waals surface area contributed by atoms with Crippen LogP contribution in [0.2, 0.25) is 0 Å². The number of non-ortho nitro benzene ring substituents is 1. The Morgan fingerprint density at radius 1 is 0.828 bits per heavy atom. The van der Waals surface area contributed by atoms with Crippen LogP contribution in [0.4, 0.5) is 10.5 Å². The van der Waals surface area contributed by atoms with E-state index in [2.05, 4.69) is 0 Å². The molecule has 3 rings (SSSR count). The first kappa shape index (κ1) is 21.1. The van der Waals surface area contributed by atoms with Gasteiger partial charge >= 0.3 is 6.16 Å². The van der Waals surface area contributed by atoms with Gasteiger partial charge in [-0.3, -0.25) is 10.1 Å². The van der Waals surface area contributed by atoms with E-state index in [4.69, 9.17) is 9.47 Å². The minimum atomic E-state index is -0.674. The Hall–Kier alpha value is -2.63. The molecule has 0 unspecified atom stereocenters. The van der Waals surface area contributed by atoms with E-state index in [1.54, 1.807) is 12.1 Å². The van der Waals surface area contributed by atoms with E-state index in [9.17, 15) is 14.9 Å². The topological polar surface area (TPSA) is 78.7 Å². The lowest BCUT2D eigenvalue weighted by atomic mass is 9.93. The molecule has 0 N–H and O–H groups in total. The highest BCUT2D eigenvalue weighted by Crippen LogP contribution is 2.32. The van der Waals surface area contributed by atoms with E-state index >= 15 is 0 Å². The van der Waals surface area contributed by atoms with Gasteiger partial charge in [-0.15, -0.1) is 0 Å². The molecule has 0 saturated carbocycles. The van der Waals surface area contributed by atoms with E-state index < -0.39 is 11.1 Å². The van der Waals surface area contributed by atoms with E-state index in [-0.39, 0.29) is 5.69 Å². The van der Waals surface area contributed by atoms with Crippen LogP contribution in [-0.2, 0) is 9.47 Å². The van der Waals surface area contributed by atoms with E-state index in [1.807, 2.05) is 6.08 Å². The highest BCUT2D eigenvalue weighted by atomic mass is 16.7. The van der Waals surface area contributed by atoms with Crippen molar-refractivity contribution < 1.29 is 19.2 Å². The third-order valence-corrected chi connectivity index (χ3v) is 5.51. The lowest BCUT2D eigenvalue weighted by Crippen LogP contribution is -2.10. The summed E-state index contributed by atoms with van der Waals surface area (Å²) in [6, 6.07) is 6.47. The predicted molar refractivity (Wildman–Crippen MR) is 111 cm³/mol. The van der Waals surface area contributed by atoms with Crippen molar-refractivity contribution in [1.82, 2.24) is 0 Å². The van der Waals surface area contributed by atoms with Crippen molar-refractivity contribution in [2.75, 3.05) is 0 Å². The van der Waals surface area contributed by atoms with Crippen LogP contribution in [0.3, 0.4) is 0 Å². The molecule has 156 valence electrons. The number of benzene rings is 1. The summed E-state index contributed by atoms with van der Waals surface area (Å²) in [5, 5.41) is 10.9. The fourth-order valence-corrected chi connectivity index (χ4v) is 3.92. The molecule has 0 radical (unpaired) electrons. The average Bonchev–Trinajstić information content (AvgIpc) is 2.66. The monoisotopic (exact) mass is 399 g/mol. The van der Waals surface area contributed by atoms with E-state index in [1.165, 1.54) is 18.6 Å². The first-order valence-corrected chi connectivity index (χ1v) is 10.7. The highest BCUT2D eigenvalue weighted by molar-refractivity contribution is 5.72. The molecule has 1 aromatic rings. The number of hydrogen-bond donors (Lipinski definition) is 0. The van der Waals surface area contributed by atoms with Gasteiger partial charge in [-0.1, -0.05) is 25.7 Å². The maximum atomic E-state index is 12.5. The van der Waals surface area contributed by atoms with Crippen LogP contribution in [0.15, 0.2) is 41.9 Å². The zero-order chi connectivity index (χ0) is 20.5. The molecule has 0 aliphatic heterocycles. The summed E-state index contributed by atoms with van der Waals surface area (Å²) in [5.41, 5.74) is 1.87. The van der Waals surface area contributed by atoms with Gasteiger partial charge in [-0.25, -0.2) is 4.79 Å². The molecule has 6 heteroatoms. The van der Waals surface area contributed by atoms with Crippen LogP contribution < -0.4 is 0 Å². The van der Waals surface area contributed by atoms with Crippen LogP contribution in [0, 0.1) is 10.1 Å². The molecule has 0 aromatic heterocycles. The molecule has 0 atom stereocenters. The Morgan fingerprint density at radius 3 is 2.21 bits per heavy atom. The van der Waals surface area contributed by atoms with Gasteiger partial charge in [0.25, 0.3) is 5.69 Å². The molecule has 1 aromatic carbocycles. The minimum absolute atomic E-state index is 0.0540. The van der Waals surface area contributed by atoms with Crippen LogP contribution in [0.1, 0.15) is 82.6 Å². The molecule has 2 aliphatic rings. The fourth-order valence-electron chi connectivity index (χ4n) is 3.92. The van der Waals surface area contributed by atoms with Crippen LogP contribution >= 0.6 is 0 Å². The maximum absolute atomic E-state index is 12.5. The number of nitro benzene ring substituents is 1. The predicted octanol–water partition coefficient (Wildman–Crippen LogP) is 7.05. The summed E-state index contributed by atoms with van der Waals surface area (Å²) in [7, 11) is 0. The summed E-state index contributed by atoms with van der Waals surface area (Å²) >= 11 is 0. The van der Waals surface area contributed by atoms with Gasteiger partial charge in [-0.05, 0) is 67.9 Å². The van der Waals surface area contributed by atoms with Gasteiger partial charge < -0.3 is 9.47 Å². The summed E-state index contributed by atoms with van der Waals surface area (Å²) in [4.78, 5) is 23.0. The Labute approximate surface area is 171 Å². The third-order valence-electron chi connectivity index (χ3n) is 5.51. The number of nitro groups is 1. The largest absolute Gasteiger partial charge is 0.518 e. The average molecular weight is 399 g/mol. The summed E-state index contributed by atoms with van der Waals surface area (Å²) in [6.45, 7) is 0. The van der Waals surface area contributed by atoms with Gasteiger partial charge in [0.2, 0.25) is 0 Å². The van der Waals surface area contributed by atoms with E-state index in [0.29, 0.717) is 17.9 Å². The Kier molecular flexibility index (Phi) is 7.85. The van der Waals surface area contributed by atoms with Crippen molar-refractivity contribution in [2.24, 2.45) is 0 Å². The number of allylic oxidation sites excluding steroid dienone is 4. The number of nitrogens with zero attached hydrogens (tertiary/aromatic N) is 1. The number of rotatable bonds is 4. The second kappa shape index (κ2) is 10.8. The van der Waals surface area contributed by atoms with Crippen molar-refractivity contribution in [3.05, 3.63) is 57.5 Å².